The Labute approximate surface area is 163 Å². The van der Waals surface area contributed by atoms with E-state index >= 15 is 0 Å². The van der Waals surface area contributed by atoms with Gasteiger partial charge in [0.15, 0.2) is 0 Å². The monoisotopic (exact) mass is 425 g/mol. The number of carboxylic acid groups (broad SMARTS) is 1. The zero-order valence-corrected chi connectivity index (χ0v) is 16.1. The van der Waals surface area contributed by atoms with Crippen LogP contribution in [0, 0.1) is 0 Å². The van der Waals surface area contributed by atoms with Crippen molar-refractivity contribution in [2.24, 2.45) is 7.05 Å². The van der Waals surface area contributed by atoms with Gasteiger partial charge in [-0.25, -0.2) is 9.97 Å². The van der Waals surface area contributed by atoms with E-state index in [1.807, 2.05) is 46.5 Å². The van der Waals surface area contributed by atoms with Crippen LogP contribution >= 0.6 is 15.9 Å². The molecule has 136 valence electrons. The molecule has 0 unspecified atom stereocenters. The smallest absolute Gasteiger partial charge is 0.309 e. The minimum absolute atomic E-state index is 0.0812. The Balaban J connectivity index is 1.56. The van der Waals surface area contributed by atoms with E-state index in [-0.39, 0.29) is 6.42 Å². The standard InChI is InChI=1S/C19H16BrN5O2/c1-24-17-6-13(20)3-5-16(17)23-19(24)12-2-4-14(21-8-12)9-25-10-15(22-11-25)7-18(26)27/h2-6,8,10-11H,7,9H2,1H3,(H,26,27). The van der Waals surface area contributed by atoms with Gasteiger partial charge in [0.1, 0.15) is 5.82 Å². The molecule has 0 amide bonds. The van der Waals surface area contributed by atoms with Crippen molar-refractivity contribution in [3.63, 3.8) is 0 Å². The molecule has 7 nitrogen and oxygen atoms in total. The van der Waals surface area contributed by atoms with Crippen molar-refractivity contribution >= 4 is 32.9 Å². The molecule has 3 aromatic heterocycles. The fraction of sp³-hybridized carbons (Fsp3) is 0.158. The van der Waals surface area contributed by atoms with E-state index < -0.39 is 5.97 Å². The number of fused-ring (bicyclic) bond motifs is 1. The van der Waals surface area contributed by atoms with Gasteiger partial charge in [0.05, 0.1) is 41.7 Å². The normalized spacial score (nSPS) is 11.2. The van der Waals surface area contributed by atoms with E-state index in [9.17, 15) is 4.79 Å². The molecule has 0 aliphatic rings. The van der Waals surface area contributed by atoms with Crippen LogP contribution in [-0.2, 0) is 24.8 Å². The average Bonchev–Trinajstić information content (AvgIpc) is 3.20. The Morgan fingerprint density at radius 3 is 2.78 bits per heavy atom. The highest BCUT2D eigenvalue weighted by atomic mass is 79.9. The van der Waals surface area contributed by atoms with Crippen LogP contribution in [0.2, 0.25) is 0 Å². The van der Waals surface area contributed by atoms with E-state index in [1.165, 1.54) is 0 Å². The number of aromatic nitrogens is 5. The van der Waals surface area contributed by atoms with Crippen LogP contribution in [0.4, 0.5) is 0 Å². The Kier molecular flexibility index (Phi) is 4.49. The number of aryl methyl sites for hydroxylation is 1. The molecule has 0 aliphatic carbocycles. The average molecular weight is 426 g/mol. The lowest BCUT2D eigenvalue weighted by atomic mass is 10.2. The molecule has 1 aromatic carbocycles. The Morgan fingerprint density at radius 2 is 2.04 bits per heavy atom. The molecule has 4 aromatic rings. The quantitative estimate of drug-likeness (QED) is 0.530. The Bertz CT molecular complexity index is 1130. The van der Waals surface area contributed by atoms with Crippen molar-refractivity contribution in [2.45, 2.75) is 13.0 Å². The van der Waals surface area contributed by atoms with Gasteiger partial charge in [-0.2, -0.15) is 0 Å². The molecule has 4 rings (SSSR count). The first-order valence-corrected chi connectivity index (χ1v) is 9.08. The first kappa shape index (κ1) is 17.4. The minimum Gasteiger partial charge on any atom is -0.481 e. The summed E-state index contributed by atoms with van der Waals surface area (Å²) in [5, 5.41) is 8.82. The maximum atomic E-state index is 10.7. The zero-order chi connectivity index (χ0) is 19.0. The predicted molar refractivity (Wildman–Crippen MR) is 104 cm³/mol. The molecule has 27 heavy (non-hydrogen) atoms. The predicted octanol–water partition coefficient (Wildman–Crippen LogP) is 3.27. The van der Waals surface area contributed by atoms with Crippen LogP contribution in [0.5, 0.6) is 0 Å². The second kappa shape index (κ2) is 6.96. The van der Waals surface area contributed by atoms with Crippen LogP contribution < -0.4 is 0 Å². The van der Waals surface area contributed by atoms with Gasteiger partial charge >= 0.3 is 5.97 Å². The highest BCUT2D eigenvalue weighted by Gasteiger charge is 2.11. The van der Waals surface area contributed by atoms with Gasteiger partial charge in [0.2, 0.25) is 0 Å². The molecule has 0 saturated heterocycles. The second-order valence-electron chi connectivity index (χ2n) is 6.27. The van der Waals surface area contributed by atoms with E-state index in [0.717, 1.165) is 32.6 Å². The first-order valence-electron chi connectivity index (χ1n) is 8.29. The molecular formula is C19H16BrN5O2. The van der Waals surface area contributed by atoms with Crippen LogP contribution in [-0.4, -0.2) is 35.2 Å². The molecule has 0 radical (unpaired) electrons. The topological polar surface area (TPSA) is 85.8 Å². The summed E-state index contributed by atoms with van der Waals surface area (Å²) in [5.74, 6) is -0.0364. The lowest BCUT2D eigenvalue weighted by Gasteiger charge is -2.05. The summed E-state index contributed by atoms with van der Waals surface area (Å²) < 4.78 is 4.89. The highest BCUT2D eigenvalue weighted by molar-refractivity contribution is 9.10. The number of nitrogens with zero attached hydrogens (tertiary/aromatic N) is 5. The zero-order valence-electron chi connectivity index (χ0n) is 14.5. The van der Waals surface area contributed by atoms with Crippen LogP contribution in [0.25, 0.3) is 22.4 Å². The summed E-state index contributed by atoms with van der Waals surface area (Å²) in [4.78, 5) is 24.1. The Morgan fingerprint density at radius 1 is 1.19 bits per heavy atom. The molecule has 0 fully saturated rings. The van der Waals surface area contributed by atoms with Gasteiger partial charge in [0.25, 0.3) is 0 Å². The molecule has 0 aliphatic heterocycles. The minimum atomic E-state index is -0.891. The number of halogens is 1. The fourth-order valence-corrected chi connectivity index (χ4v) is 3.35. The largest absolute Gasteiger partial charge is 0.481 e. The van der Waals surface area contributed by atoms with Gasteiger partial charge in [0, 0.05) is 29.5 Å². The third-order valence-electron chi connectivity index (χ3n) is 4.29. The number of hydrogen-bond donors (Lipinski definition) is 1. The van der Waals surface area contributed by atoms with Crippen LogP contribution in [0.15, 0.2) is 53.5 Å². The van der Waals surface area contributed by atoms with Crippen molar-refractivity contribution in [3.05, 3.63) is 64.9 Å². The molecular weight excluding hydrogens is 410 g/mol. The maximum Gasteiger partial charge on any atom is 0.309 e. The summed E-state index contributed by atoms with van der Waals surface area (Å²) in [6.07, 6.45) is 5.08. The molecule has 8 heteroatoms. The molecule has 0 spiro atoms. The maximum absolute atomic E-state index is 10.7. The number of carboxylic acids is 1. The molecule has 0 atom stereocenters. The highest BCUT2D eigenvalue weighted by Crippen LogP contribution is 2.25. The molecule has 3 heterocycles. The number of pyridine rings is 1. The number of rotatable bonds is 5. The Hall–Kier alpha value is -3.00. The number of benzene rings is 1. The third-order valence-corrected chi connectivity index (χ3v) is 4.78. The molecule has 0 saturated carbocycles. The first-order chi connectivity index (χ1) is 13.0. The number of aliphatic carboxylic acids is 1. The van der Waals surface area contributed by atoms with E-state index in [1.54, 1.807) is 18.7 Å². The summed E-state index contributed by atoms with van der Waals surface area (Å²) in [6, 6.07) is 9.94. The van der Waals surface area contributed by atoms with Gasteiger partial charge in [-0.1, -0.05) is 15.9 Å². The lowest BCUT2D eigenvalue weighted by molar-refractivity contribution is -0.136. The summed E-state index contributed by atoms with van der Waals surface area (Å²) in [5.41, 5.74) is 4.31. The van der Waals surface area contributed by atoms with Crippen molar-refractivity contribution in [1.29, 1.82) is 0 Å². The third kappa shape index (κ3) is 3.61. The lowest BCUT2D eigenvalue weighted by Crippen LogP contribution is -2.01. The van der Waals surface area contributed by atoms with E-state index in [2.05, 4.69) is 25.9 Å². The van der Waals surface area contributed by atoms with Crippen LogP contribution in [0.1, 0.15) is 11.4 Å². The summed E-state index contributed by atoms with van der Waals surface area (Å²) in [6.45, 7) is 0.530. The van der Waals surface area contributed by atoms with Gasteiger partial charge in [-0.3, -0.25) is 9.78 Å². The number of carbonyl (C=O) groups is 1. The van der Waals surface area contributed by atoms with Gasteiger partial charge < -0.3 is 14.2 Å². The fourth-order valence-electron chi connectivity index (χ4n) is 3.00. The molecule has 1 N–H and O–H groups in total. The van der Waals surface area contributed by atoms with Gasteiger partial charge in [-0.15, -0.1) is 0 Å². The summed E-state index contributed by atoms with van der Waals surface area (Å²) in [7, 11) is 1.99. The van der Waals surface area contributed by atoms with Gasteiger partial charge in [-0.05, 0) is 30.3 Å². The SMILES string of the molecule is Cn1c(-c2ccc(Cn3cnc(CC(=O)O)c3)nc2)nc2ccc(Br)cc21. The molecule has 0 bridgehead atoms. The number of hydrogen-bond acceptors (Lipinski definition) is 4. The van der Waals surface area contributed by atoms with Crippen molar-refractivity contribution in [3.8, 4) is 11.4 Å². The summed E-state index contributed by atoms with van der Waals surface area (Å²) >= 11 is 3.49. The second-order valence-corrected chi connectivity index (χ2v) is 7.19. The van der Waals surface area contributed by atoms with E-state index in [4.69, 9.17) is 10.1 Å². The van der Waals surface area contributed by atoms with E-state index in [0.29, 0.717) is 12.2 Å². The van der Waals surface area contributed by atoms with Crippen molar-refractivity contribution in [2.75, 3.05) is 0 Å². The van der Waals surface area contributed by atoms with Crippen molar-refractivity contribution < 1.29 is 9.90 Å². The number of imidazole rings is 2. The van der Waals surface area contributed by atoms with Crippen LogP contribution in [0.3, 0.4) is 0 Å². The van der Waals surface area contributed by atoms with Crippen molar-refractivity contribution in [1.82, 2.24) is 24.1 Å².